The average Bonchev–Trinajstić information content (AvgIpc) is 2.78. The van der Waals surface area contributed by atoms with E-state index in [-0.39, 0.29) is 37.0 Å². The molecule has 0 aromatic carbocycles. The van der Waals surface area contributed by atoms with E-state index < -0.39 is 5.54 Å². The summed E-state index contributed by atoms with van der Waals surface area (Å²) in [6, 6.07) is 3.61. The number of piperidine rings is 1. The van der Waals surface area contributed by atoms with Crippen LogP contribution in [0.4, 0.5) is 0 Å². The van der Waals surface area contributed by atoms with Crippen molar-refractivity contribution in [1.29, 1.82) is 0 Å². The number of hydrogen-bond donors (Lipinski definition) is 1. The molecule has 4 aliphatic heterocycles. The number of carbonyl (C=O) groups is 2. The lowest BCUT2D eigenvalue weighted by Crippen LogP contribution is -2.72. The Morgan fingerprint density at radius 1 is 1.19 bits per heavy atom. The topological polar surface area (TPSA) is 90.0 Å². The highest BCUT2D eigenvalue weighted by atomic mass is 16.5. The molecule has 168 valence electrons. The van der Waals surface area contributed by atoms with Crippen molar-refractivity contribution in [2.24, 2.45) is 0 Å². The molecule has 8 heteroatoms. The summed E-state index contributed by atoms with van der Waals surface area (Å²) in [6.45, 7) is 1.88. The fraction of sp³-hybridized carbons (Fsp3) is 0.696. The second-order valence-electron chi connectivity index (χ2n) is 9.20. The van der Waals surface area contributed by atoms with Gasteiger partial charge in [-0.3, -0.25) is 14.6 Å². The summed E-state index contributed by atoms with van der Waals surface area (Å²) < 4.78 is 18.1. The maximum Gasteiger partial charge on any atom is 0.246 e. The van der Waals surface area contributed by atoms with Gasteiger partial charge in [-0.1, -0.05) is 0 Å². The molecule has 6 rings (SSSR count). The minimum atomic E-state index is -0.575. The normalized spacial score (nSPS) is 34.3. The van der Waals surface area contributed by atoms with E-state index >= 15 is 0 Å². The first-order chi connectivity index (χ1) is 15.1. The molecule has 31 heavy (non-hydrogen) atoms. The minimum Gasteiger partial charge on any atom is -0.491 e. The second kappa shape index (κ2) is 8.74. The van der Waals surface area contributed by atoms with E-state index in [2.05, 4.69) is 10.3 Å². The van der Waals surface area contributed by atoms with Crippen LogP contribution in [0.2, 0.25) is 0 Å². The third kappa shape index (κ3) is 4.15. The molecule has 2 saturated heterocycles. The van der Waals surface area contributed by atoms with Crippen LogP contribution < -0.4 is 10.1 Å². The molecule has 2 amide bonds. The Balaban J connectivity index is 1.41. The van der Waals surface area contributed by atoms with Gasteiger partial charge in [0.15, 0.2) is 0 Å². The molecule has 1 aromatic heterocycles. The summed E-state index contributed by atoms with van der Waals surface area (Å²) in [4.78, 5) is 31.9. The molecule has 1 spiro atoms. The molecule has 1 saturated carbocycles. The molecule has 1 aliphatic carbocycles. The fourth-order valence-corrected chi connectivity index (χ4v) is 5.68. The van der Waals surface area contributed by atoms with Gasteiger partial charge in [0, 0.05) is 18.7 Å². The first kappa shape index (κ1) is 20.7. The summed E-state index contributed by atoms with van der Waals surface area (Å²) in [5, 5.41) is 3.16. The number of nitrogens with zero attached hydrogens (tertiary/aromatic N) is 2. The molecule has 2 unspecified atom stereocenters. The standard InChI is InChI=1S/C23H31N3O5/c27-20-14-29-15-23(25-20)9-2-11-26-19(23)13-31-17-6-4-16(5-7-17)22-18(3-1-10-24-22)30-12-8-21(26)28/h1,3,10,16-17,19H,2,4-9,11-15H2,(H,25,27)/t16-,17+,19?,23?. The summed E-state index contributed by atoms with van der Waals surface area (Å²) in [7, 11) is 0. The number of morpholine rings is 1. The van der Waals surface area contributed by atoms with Gasteiger partial charge >= 0.3 is 0 Å². The summed E-state index contributed by atoms with van der Waals surface area (Å²) in [6.07, 6.45) is 7.80. The molecule has 5 heterocycles. The van der Waals surface area contributed by atoms with E-state index in [1.165, 1.54) is 0 Å². The second-order valence-corrected chi connectivity index (χ2v) is 9.20. The molecule has 5 aliphatic rings. The van der Waals surface area contributed by atoms with Gasteiger partial charge in [0.05, 0.1) is 49.6 Å². The molecule has 2 bridgehead atoms. The molecule has 3 fully saturated rings. The van der Waals surface area contributed by atoms with Crippen molar-refractivity contribution in [1.82, 2.24) is 15.2 Å². The lowest BCUT2D eigenvalue weighted by molar-refractivity contribution is -0.155. The molecular formula is C23H31N3O5. The van der Waals surface area contributed by atoms with Crippen LogP contribution >= 0.6 is 0 Å². The van der Waals surface area contributed by atoms with Crippen molar-refractivity contribution < 1.29 is 23.8 Å². The van der Waals surface area contributed by atoms with Crippen molar-refractivity contribution in [3.8, 4) is 5.75 Å². The zero-order chi connectivity index (χ0) is 21.3. The fourth-order valence-electron chi connectivity index (χ4n) is 5.68. The largest absolute Gasteiger partial charge is 0.491 e. The molecule has 8 nitrogen and oxygen atoms in total. The van der Waals surface area contributed by atoms with Gasteiger partial charge in [-0.25, -0.2) is 0 Å². The highest BCUT2D eigenvalue weighted by Gasteiger charge is 2.49. The summed E-state index contributed by atoms with van der Waals surface area (Å²) in [5.74, 6) is 1.06. The Morgan fingerprint density at radius 2 is 2.06 bits per heavy atom. The van der Waals surface area contributed by atoms with Gasteiger partial charge in [-0.15, -0.1) is 0 Å². The van der Waals surface area contributed by atoms with E-state index in [4.69, 9.17) is 14.2 Å². The molecule has 2 atom stereocenters. The Bertz CT molecular complexity index is 821. The van der Waals surface area contributed by atoms with E-state index in [1.807, 2.05) is 23.2 Å². The van der Waals surface area contributed by atoms with Gasteiger partial charge in [0.25, 0.3) is 0 Å². The van der Waals surface area contributed by atoms with E-state index in [1.54, 1.807) is 0 Å². The maximum absolute atomic E-state index is 13.2. The van der Waals surface area contributed by atoms with E-state index in [0.717, 1.165) is 50.0 Å². The van der Waals surface area contributed by atoms with Crippen molar-refractivity contribution in [3.63, 3.8) is 0 Å². The zero-order valence-electron chi connectivity index (χ0n) is 17.9. The first-order valence-electron chi connectivity index (χ1n) is 11.5. The number of ether oxygens (including phenoxy) is 3. The van der Waals surface area contributed by atoms with Crippen molar-refractivity contribution in [2.45, 2.75) is 68.5 Å². The predicted octanol–water partition coefficient (Wildman–Crippen LogP) is 1.78. The van der Waals surface area contributed by atoms with Gasteiger partial charge in [-0.2, -0.15) is 0 Å². The van der Waals surface area contributed by atoms with Crippen LogP contribution in [0, 0.1) is 0 Å². The molecule has 1 N–H and O–H groups in total. The van der Waals surface area contributed by atoms with E-state index in [0.29, 0.717) is 32.3 Å². The van der Waals surface area contributed by atoms with Gasteiger partial charge < -0.3 is 24.4 Å². The average molecular weight is 430 g/mol. The van der Waals surface area contributed by atoms with Crippen molar-refractivity contribution >= 4 is 11.8 Å². The van der Waals surface area contributed by atoms with Crippen LogP contribution in [0.5, 0.6) is 5.75 Å². The third-order valence-corrected chi connectivity index (χ3v) is 7.26. The summed E-state index contributed by atoms with van der Waals surface area (Å²) in [5.41, 5.74) is 0.428. The van der Waals surface area contributed by atoms with Gasteiger partial charge in [0.1, 0.15) is 12.4 Å². The number of pyridine rings is 1. The number of amides is 2. The number of nitrogens with one attached hydrogen (secondary N) is 1. The number of hydrogen-bond acceptors (Lipinski definition) is 6. The van der Waals surface area contributed by atoms with Crippen LogP contribution in [0.3, 0.4) is 0 Å². The molecule has 0 radical (unpaired) electrons. The molecular weight excluding hydrogens is 398 g/mol. The summed E-state index contributed by atoms with van der Waals surface area (Å²) >= 11 is 0. The third-order valence-electron chi connectivity index (χ3n) is 7.26. The highest BCUT2D eigenvalue weighted by molar-refractivity contribution is 5.80. The maximum atomic E-state index is 13.2. The van der Waals surface area contributed by atoms with Crippen LogP contribution in [0.25, 0.3) is 0 Å². The van der Waals surface area contributed by atoms with Crippen molar-refractivity contribution in [2.75, 3.05) is 33.0 Å². The molecule has 1 aromatic rings. The Morgan fingerprint density at radius 3 is 2.90 bits per heavy atom. The van der Waals surface area contributed by atoms with Crippen molar-refractivity contribution in [3.05, 3.63) is 24.0 Å². The highest BCUT2D eigenvalue weighted by Crippen LogP contribution is 2.38. The number of aromatic nitrogens is 1. The van der Waals surface area contributed by atoms with Crippen LogP contribution in [0.1, 0.15) is 56.6 Å². The Kier molecular flexibility index (Phi) is 5.84. The predicted molar refractivity (Wildman–Crippen MR) is 112 cm³/mol. The number of rotatable bonds is 0. The Hall–Kier alpha value is -2.19. The lowest BCUT2D eigenvalue weighted by Gasteiger charge is -2.51. The van der Waals surface area contributed by atoms with Gasteiger partial charge in [-0.05, 0) is 50.7 Å². The first-order valence-corrected chi connectivity index (χ1v) is 11.5. The SMILES string of the molecule is O=C1COCC2(CCCN3C(=O)CCOc4cccnc4[C@H]4CC[C@H](CC4)OCC32)N1. The van der Waals surface area contributed by atoms with Crippen LogP contribution in [-0.2, 0) is 19.1 Å². The number of fused-ring (bicyclic) bond motifs is 6. The van der Waals surface area contributed by atoms with Gasteiger partial charge in [0.2, 0.25) is 11.8 Å². The zero-order valence-corrected chi connectivity index (χ0v) is 17.9. The smallest absolute Gasteiger partial charge is 0.246 e. The van der Waals surface area contributed by atoms with Crippen LogP contribution in [-0.4, -0.2) is 72.4 Å². The quantitative estimate of drug-likeness (QED) is 0.676. The lowest BCUT2D eigenvalue weighted by atomic mass is 9.80. The number of carbonyl (C=O) groups excluding carboxylic acids is 2. The minimum absolute atomic E-state index is 0.0279. The monoisotopic (exact) mass is 429 g/mol. The van der Waals surface area contributed by atoms with E-state index in [9.17, 15) is 9.59 Å². The van der Waals surface area contributed by atoms with Crippen LogP contribution in [0.15, 0.2) is 18.3 Å². The Labute approximate surface area is 182 Å².